The molecule has 1 heterocycles. The molecule has 1 unspecified atom stereocenters. The number of fused-ring (bicyclic) bond motifs is 1. The fourth-order valence-corrected chi connectivity index (χ4v) is 2.21. The topological polar surface area (TPSA) is 104 Å². The second-order valence-corrected chi connectivity index (χ2v) is 5.36. The number of hydrogen-bond donors (Lipinski definition) is 4. The Bertz CT molecular complexity index is 606. The third kappa shape index (κ3) is 3.08. The zero-order valence-electron chi connectivity index (χ0n) is 11.7. The Morgan fingerprint density at radius 3 is 2.90 bits per heavy atom. The summed E-state index contributed by atoms with van der Waals surface area (Å²) >= 11 is 0. The lowest BCUT2D eigenvalue weighted by atomic mass is 10.0. The zero-order valence-corrected chi connectivity index (χ0v) is 11.7. The Morgan fingerprint density at radius 2 is 2.25 bits per heavy atom. The number of rotatable bonds is 5. The van der Waals surface area contributed by atoms with E-state index in [0.29, 0.717) is 29.1 Å². The maximum atomic E-state index is 12.2. The first-order valence-corrected chi connectivity index (χ1v) is 6.66. The minimum atomic E-state index is -0.304. The van der Waals surface area contributed by atoms with Gasteiger partial charge in [-0.3, -0.25) is 9.89 Å². The maximum Gasteiger partial charge on any atom is 0.272 e. The highest BCUT2D eigenvalue weighted by Crippen LogP contribution is 2.19. The van der Waals surface area contributed by atoms with E-state index in [9.17, 15) is 9.90 Å². The van der Waals surface area contributed by atoms with Crippen LogP contribution in [0, 0.1) is 5.92 Å². The average molecular weight is 276 g/mol. The summed E-state index contributed by atoms with van der Waals surface area (Å²) in [5.41, 5.74) is 7.37. The van der Waals surface area contributed by atoms with Gasteiger partial charge in [0.25, 0.3) is 5.91 Å². The summed E-state index contributed by atoms with van der Waals surface area (Å²) in [7, 11) is 0. The van der Waals surface area contributed by atoms with Crippen molar-refractivity contribution in [3.05, 3.63) is 23.9 Å². The van der Waals surface area contributed by atoms with Gasteiger partial charge < -0.3 is 16.2 Å². The van der Waals surface area contributed by atoms with Crippen molar-refractivity contribution in [3.8, 4) is 0 Å². The smallest absolute Gasteiger partial charge is 0.272 e. The van der Waals surface area contributed by atoms with E-state index in [1.807, 2.05) is 13.8 Å². The molecule has 6 heteroatoms. The quantitative estimate of drug-likeness (QED) is 0.617. The number of nitrogen functional groups attached to an aromatic ring is 1. The SMILES string of the molecule is CC(C)CC(CO)NC(=O)c1n[nH]c2ccc(N)cc12. The Morgan fingerprint density at radius 1 is 1.50 bits per heavy atom. The number of hydrogen-bond acceptors (Lipinski definition) is 4. The van der Waals surface area contributed by atoms with Crippen molar-refractivity contribution < 1.29 is 9.90 Å². The molecule has 0 aliphatic heterocycles. The van der Waals surface area contributed by atoms with Gasteiger partial charge >= 0.3 is 0 Å². The Kier molecular flexibility index (Phi) is 4.24. The molecule has 2 rings (SSSR count). The van der Waals surface area contributed by atoms with Crippen molar-refractivity contribution in [2.24, 2.45) is 5.92 Å². The number of amides is 1. The van der Waals surface area contributed by atoms with Gasteiger partial charge in [-0.15, -0.1) is 0 Å². The highest BCUT2D eigenvalue weighted by Gasteiger charge is 2.18. The fourth-order valence-electron chi connectivity index (χ4n) is 2.21. The number of nitrogens with one attached hydrogen (secondary N) is 2. The van der Waals surface area contributed by atoms with Crippen LogP contribution in [0.15, 0.2) is 18.2 Å². The number of aromatic nitrogens is 2. The molecule has 0 aliphatic rings. The largest absolute Gasteiger partial charge is 0.399 e. The predicted octanol–water partition coefficient (Wildman–Crippen LogP) is 1.28. The van der Waals surface area contributed by atoms with Crippen molar-refractivity contribution in [2.45, 2.75) is 26.3 Å². The summed E-state index contributed by atoms with van der Waals surface area (Å²) in [5, 5.41) is 19.6. The number of carbonyl (C=O) groups excluding carboxylic acids is 1. The van der Waals surface area contributed by atoms with Crippen LogP contribution in [-0.4, -0.2) is 33.9 Å². The van der Waals surface area contributed by atoms with Crippen LogP contribution in [0.25, 0.3) is 10.9 Å². The van der Waals surface area contributed by atoms with Gasteiger partial charge in [0.05, 0.1) is 18.2 Å². The monoisotopic (exact) mass is 276 g/mol. The van der Waals surface area contributed by atoms with Gasteiger partial charge in [0.2, 0.25) is 0 Å². The van der Waals surface area contributed by atoms with Gasteiger partial charge in [-0.1, -0.05) is 13.8 Å². The van der Waals surface area contributed by atoms with Gasteiger partial charge in [0, 0.05) is 11.1 Å². The van der Waals surface area contributed by atoms with Crippen molar-refractivity contribution in [1.82, 2.24) is 15.5 Å². The highest BCUT2D eigenvalue weighted by atomic mass is 16.3. The highest BCUT2D eigenvalue weighted by molar-refractivity contribution is 6.05. The van der Waals surface area contributed by atoms with E-state index in [1.165, 1.54) is 0 Å². The van der Waals surface area contributed by atoms with Crippen LogP contribution in [0.5, 0.6) is 0 Å². The van der Waals surface area contributed by atoms with Crippen molar-refractivity contribution >= 4 is 22.5 Å². The average Bonchev–Trinajstić information content (AvgIpc) is 2.80. The molecule has 0 spiro atoms. The minimum absolute atomic E-state index is 0.0889. The van der Waals surface area contributed by atoms with Gasteiger partial charge in [-0.25, -0.2) is 0 Å². The molecular weight excluding hydrogens is 256 g/mol. The van der Waals surface area contributed by atoms with Crippen LogP contribution in [-0.2, 0) is 0 Å². The first kappa shape index (κ1) is 14.3. The lowest BCUT2D eigenvalue weighted by molar-refractivity contribution is 0.0905. The zero-order chi connectivity index (χ0) is 14.7. The van der Waals surface area contributed by atoms with Crippen molar-refractivity contribution in [1.29, 1.82) is 0 Å². The van der Waals surface area contributed by atoms with Gasteiger partial charge in [-0.05, 0) is 30.5 Å². The molecule has 0 saturated heterocycles. The number of benzene rings is 1. The van der Waals surface area contributed by atoms with E-state index >= 15 is 0 Å². The van der Waals surface area contributed by atoms with Crippen LogP contribution in [0.2, 0.25) is 0 Å². The molecule has 1 aromatic carbocycles. The number of aliphatic hydroxyl groups is 1. The van der Waals surface area contributed by atoms with Crippen LogP contribution in [0.3, 0.4) is 0 Å². The van der Waals surface area contributed by atoms with Crippen LogP contribution in [0.1, 0.15) is 30.8 Å². The number of nitrogens with two attached hydrogens (primary N) is 1. The van der Waals surface area contributed by atoms with E-state index in [0.717, 1.165) is 5.52 Å². The second-order valence-electron chi connectivity index (χ2n) is 5.36. The molecular formula is C14H20N4O2. The summed E-state index contributed by atoms with van der Waals surface area (Å²) < 4.78 is 0. The lowest BCUT2D eigenvalue weighted by Crippen LogP contribution is -2.38. The molecule has 6 nitrogen and oxygen atoms in total. The van der Waals surface area contributed by atoms with E-state index in [-0.39, 0.29) is 18.6 Å². The number of aromatic amines is 1. The molecule has 2 aromatic rings. The number of nitrogens with zero attached hydrogens (tertiary/aromatic N) is 1. The van der Waals surface area contributed by atoms with Crippen LogP contribution in [0.4, 0.5) is 5.69 Å². The molecule has 0 aliphatic carbocycles. The van der Waals surface area contributed by atoms with Crippen LogP contribution < -0.4 is 11.1 Å². The Balaban J connectivity index is 2.20. The maximum absolute atomic E-state index is 12.2. The summed E-state index contributed by atoms with van der Waals surface area (Å²) in [6, 6.07) is 4.98. The Labute approximate surface area is 117 Å². The van der Waals surface area contributed by atoms with Gasteiger partial charge in [0.1, 0.15) is 0 Å². The van der Waals surface area contributed by atoms with Crippen molar-refractivity contribution in [3.63, 3.8) is 0 Å². The molecule has 0 bridgehead atoms. The molecule has 1 amide bonds. The van der Waals surface area contributed by atoms with Gasteiger partial charge in [-0.2, -0.15) is 5.10 Å². The van der Waals surface area contributed by atoms with Crippen molar-refractivity contribution in [2.75, 3.05) is 12.3 Å². The molecule has 1 atom stereocenters. The minimum Gasteiger partial charge on any atom is -0.399 e. The third-order valence-corrected chi connectivity index (χ3v) is 3.11. The van der Waals surface area contributed by atoms with E-state index in [2.05, 4.69) is 15.5 Å². The predicted molar refractivity (Wildman–Crippen MR) is 78.3 cm³/mol. The molecule has 0 radical (unpaired) electrons. The Hall–Kier alpha value is -2.08. The molecule has 20 heavy (non-hydrogen) atoms. The summed E-state index contributed by atoms with van der Waals surface area (Å²) in [5.74, 6) is 0.0839. The summed E-state index contributed by atoms with van der Waals surface area (Å²) in [6.45, 7) is 3.99. The second kappa shape index (κ2) is 5.92. The normalized spacial score (nSPS) is 12.8. The van der Waals surface area contributed by atoms with E-state index in [1.54, 1.807) is 18.2 Å². The number of aliphatic hydroxyl groups excluding tert-OH is 1. The van der Waals surface area contributed by atoms with Gasteiger partial charge in [0.15, 0.2) is 5.69 Å². The first-order chi connectivity index (χ1) is 9.51. The molecule has 0 saturated carbocycles. The number of H-pyrrole nitrogens is 1. The standard InChI is InChI=1S/C14H20N4O2/c1-8(2)5-10(7-19)16-14(20)13-11-6-9(15)3-4-12(11)17-18-13/h3-4,6,8,10,19H,5,7,15H2,1-2H3,(H,16,20)(H,17,18). The fraction of sp³-hybridized carbons (Fsp3) is 0.429. The van der Waals surface area contributed by atoms with Crippen LogP contribution >= 0.6 is 0 Å². The summed E-state index contributed by atoms with van der Waals surface area (Å²) in [4.78, 5) is 12.2. The molecule has 108 valence electrons. The lowest BCUT2D eigenvalue weighted by Gasteiger charge is -2.17. The van der Waals surface area contributed by atoms with E-state index in [4.69, 9.17) is 5.73 Å². The molecule has 0 fully saturated rings. The summed E-state index contributed by atoms with van der Waals surface area (Å²) in [6.07, 6.45) is 0.715. The van der Waals surface area contributed by atoms with E-state index < -0.39 is 0 Å². The third-order valence-electron chi connectivity index (χ3n) is 3.11. The first-order valence-electron chi connectivity index (χ1n) is 6.66. The number of carbonyl (C=O) groups is 1. The molecule has 1 aromatic heterocycles. The number of anilines is 1. The molecule has 5 N–H and O–H groups in total.